The first-order valence-electron chi connectivity index (χ1n) is 12.6. The topological polar surface area (TPSA) is 101 Å². The monoisotopic (exact) mass is 528 g/mol. The standard InChI is InChI=1S/C27H30ClFN4O4/c28-27-21-7-9-33(14-22(21)23(29)11-25(27)36-15-20-12-30-16-37-20)13-19(34)4-5-24(35)17-6-8-31-26(10-17)32-18-2-1-3-18/h6,8,10-12,16,18-19,34H,1-5,7,9,13-15H2,(H,31,32)/t19-/m0/s1. The van der Waals surface area contributed by atoms with E-state index in [1.807, 2.05) is 4.90 Å². The molecular weight excluding hydrogens is 499 g/mol. The Kier molecular flexibility index (Phi) is 8.02. The Hall–Kier alpha value is -3.01. The van der Waals surface area contributed by atoms with Crippen molar-refractivity contribution >= 4 is 23.2 Å². The number of nitrogens with zero attached hydrogens (tertiary/aromatic N) is 3. The van der Waals surface area contributed by atoms with E-state index in [0.717, 1.165) is 24.2 Å². The Bertz CT molecular complexity index is 1240. The van der Waals surface area contributed by atoms with E-state index >= 15 is 0 Å². The fourth-order valence-corrected chi connectivity index (χ4v) is 5.01. The molecule has 196 valence electrons. The third-order valence-electron chi connectivity index (χ3n) is 7.02. The molecule has 1 aromatic carbocycles. The number of hydrogen-bond acceptors (Lipinski definition) is 8. The number of carbonyl (C=O) groups is 1. The van der Waals surface area contributed by atoms with Gasteiger partial charge in [-0.1, -0.05) is 11.6 Å². The molecule has 1 saturated carbocycles. The van der Waals surface area contributed by atoms with Crippen LogP contribution in [0.15, 0.2) is 41.4 Å². The number of aliphatic hydroxyl groups excluding tert-OH is 1. The minimum Gasteiger partial charge on any atom is -0.484 e. The normalized spacial score (nSPS) is 16.6. The van der Waals surface area contributed by atoms with E-state index in [9.17, 15) is 14.3 Å². The number of aliphatic hydroxyl groups is 1. The van der Waals surface area contributed by atoms with Crippen molar-refractivity contribution in [2.24, 2.45) is 0 Å². The van der Waals surface area contributed by atoms with E-state index < -0.39 is 11.9 Å². The second-order valence-corrected chi connectivity index (χ2v) is 10.1. The van der Waals surface area contributed by atoms with Crippen LogP contribution in [0, 0.1) is 5.82 Å². The number of oxazole rings is 1. The molecule has 2 N–H and O–H groups in total. The number of nitrogens with one attached hydrogen (secondary N) is 1. The predicted molar refractivity (Wildman–Crippen MR) is 136 cm³/mol. The highest BCUT2D eigenvalue weighted by Gasteiger charge is 2.26. The largest absolute Gasteiger partial charge is 0.484 e. The molecule has 2 aromatic heterocycles. The van der Waals surface area contributed by atoms with Crippen LogP contribution >= 0.6 is 11.6 Å². The molecule has 3 heterocycles. The van der Waals surface area contributed by atoms with Crippen molar-refractivity contribution in [3.8, 4) is 5.75 Å². The molecule has 0 amide bonds. The first-order valence-corrected chi connectivity index (χ1v) is 13.0. The number of rotatable bonds is 11. The van der Waals surface area contributed by atoms with Crippen LogP contribution in [0.4, 0.5) is 10.2 Å². The number of fused-ring (bicyclic) bond motifs is 1. The molecule has 3 aromatic rings. The van der Waals surface area contributed by atoms with Crippen molar-refractivity contribution in [1.82, 2.24) is 14.9 Å². The molecular formula is C27H30ClFN4O4. The van der Waals surface area contributed by atoms with Crippen molar-refractivity contribution in [3.05, 3.63) is 70.3 Å². The summed E-state index contributed by atoms with van der Waals surface area (Å²) in [5.41, 5.74) is 1.82. The van der Waals surface area contributed by atoms with Crippen LogP contribution in [0.1, 0.15) is 59.3 Å². The summed E-state index contributed by atoms with van der Waals surface area (Å²) < 4.78 is 25.7. The molecule has 37 heavy (non-hydrogen) atoms. The lowest BCUT2D eigenvalue weighted by Crippen LogP contribution is -2.37. The summed E-state index contributed by atoms with van der Waals surface area (Å²) in [4.78, 5) is 22.8. The van der Waals surface area contributed by atoms with Gasteiger partial charge in [-0.05, 0) is 49.8 Å². The third-order valence-corrected chi connectivity index (χ3v) is 7.43. The van der Waals surface area contributed by atoms with Crippen molar-refractivity contribution in [3.63, 3.8) is 0 Å². The van der Waals surface area contributed by atoms with Gasteiger partial charge in [-0.25, -0.2) is 14.4 Å². The van der Waals surface area contributed by atoms with E-state index in [1.165, 1.54) is 25.1 Å². The number of hydrogen-bond donors (Lipinski definition) is 2. The zero-order chi connectivity index (χ0) is 25.8. The molecule has 1 fully saturated rings. The molecule has 0 radical (unpaired) electrons. The van der Waals surface area contributed by atoms with Crippen molar-refractivity contribution < 1.29 is 23.4 Å². The lowest BCUT2D eigenvalue weighted by Gasteiger charge is -2.31. The fraction of sp³-hybridized carbons (Fsp3) is 0.444. The lowest BCUT2D eigenvalue weighted by molar-refractivity contribution is 0.0833. The van der Waals surface area contributed by atoms with Crippen LogP contribution in [0.2, 0.25) is 5.02 Å². The van der Waals surface area contributed by atoms with Crippen LogP contribution in [-0.4, -0.2) is 51.0 Å². The number of carbonyl (C=O) groups excluding carboxylic acids is 1. The highest BCUT2D eigenvalue weighted by Crippen LogP contribution is 2.36. The van der Waals surface area contributed by atoms with Crippen molar-refractivity contribution in [2.45, 2.75) is 63.8 Å². The molecule has 10 heteroatoms. The van der Waals surface area contributed by atoms with Gasteiger partial charge in [-0.2, -0.15) is 0 Å². The average molecular weight is 529 g/mol. The van der Waals surface area contributed by atoms with Gasteiger partial charge < -0.3 is 19.6 Å². The maximum absolute atomic E-state index is 14.9. The highest BCUT2D eigenvalue weighted by atomic mass is 35.5. The maximum Gasteiger partial charge on any atom is 0.181 e. The quantitative estimate of drug-likeness (QED) is 0.343. The number of halogens is 2. The van der Waals surface area contributed by atoms with Crippen LogP contribution in [-0.2, 0) is 19.6 Å². The number of benzene rings is 1. The Balaban J connectivity index is 1.13. The second kappa shape index (κ2) is 11.6. The van der Waals surface area contributed by atoms with Crippen LogP contribution in [0.3, 0.4) is 0 Å². The number of β-amino-alcohol motifs (C(OH)–C–C–N with tert-alkyl or cyclic N) is 1. The van der Waals surface area contributed by atoms with Gasteiger partial charge in [0.1, 0.15) is 24.0 Å². The van der Waals surface area contributed by atoms with Crippen LogP contribution in [0.5, 0.6) is 5.75 Å². The van der Waals surface area contributed by atoms with Gasteiger partial charge >= 0.3 is 0 Å². The Morgan fingerprint density at radius 1 is 1.35 bits per heavy atom. The van der Waals surface area contributed by atoms with Crippen molar-refractivity contribution in [1.29, 1.82) is 0 Å². The summed E-state index contributed by atoms with van der Waals surface area (Å²) in [5.74, 6) is 1.07. The summed E-state index contributed by atoms with van der Waals surface area (Å²) >= 11 is 6.53. The zero-order valence-electron chi connectivity index (χ0n) is 20.5. The first kappa shape index (κ1) is 25.6. The Morgan fingerprint density at radius 2 is 2.22 bits per heavy atom. The van der Waals surface area contributed by atoms with Crippen molar-refractivity contribution in [2.75, 3.05) is 18.4 Å². The van der Waals surface area contributed by atoms with E-state index in [0.29, 0.717) is 60.4 Å². The predicted octanol–water partition coefficient (Wildman–Crippen LogP) is 4.79. The molecule has 2 aliphatic rings. The van der Waals surface area contributed by atoms with E-state index in [1.54, 1.807) is 18.3 Å². The van der Waals surface area contributed by atoms with Crippen LogP contribution < -0.4 is 10.1 Å². The number of ketones is 1. The molecule has 0 unspecified atom stereocenters. The van der Waals surface area contributed by atoms with Gasteiger partial charge in [-0.3, -0.25) is 9.69 Å². The third kappa shape index (κ3) is 6.29. The van der Waals surface area contributed by atoms with E-state index in [2.05, 4.69) is 15.3 Å². The molecule has 0 saturated heterocycles. The molecule has 5 rings (SSSR count). The molecule has 1 aliphatic carbocycles. The molecule has 1 atom stereocenters. The average Bonchev–Trinajstić information content (AvgIpc) is 3.40. The second-order valence-electron chi connectivity index (χ2n) is 9.69. The Morgan fingerprint density at radius 3 is 2.97 bits per heavy atom. The number of pyridine rings is 1. The molecule has 1 aliphatic heterocycles. The fourth-order valence-electron chi connectivity index (χ4n) is 4.69. The molecule has 8 nitrogen and oxygen atoms in total. The molecule has 0 bridgehead atoms. The summed E-state index contributed by atoms with van der Waals surface area (Å²) in [6.45, 7) is 1.39. The SMILES string of the molecule is O=C(CC[C@H](O)CN1CCc2c(Cl)c(OCc3cnco3)cc(F)c2C1)c1ccnc(NC2CCC2)c1. The maximum atomic E-state index is 14.9. The van der Waals surface area contributed by atoms with Gasteiger partial charge in [0.2, 0.25) is 0 Å². The smallest absolute Gasteiger partial charge is 0.181 e. The van der Waals surface area contributed by atoms with E-state index in [-0.39, 0.29) is 24.6 Å². The van der Waals surface area contributed by atoms with E-state index in [4.69, 9.17) is 20.8 Å². The highest BCUT2D eigenvalue weighted by molar-refractivity contribution is 6.33. The lowest BCUT2D eigenvalue weighted by atomic mass is 9.93. The number of ether oxygens (including phenoxy) is 1. The zero-order valence-corrected chi connectivity index (χ0v) is 21.2. The summed E-state index contributed by atoms with van der Waals surface area (Å²) in [6.07, 6.45) is 8.32. The summed E-state index contributed by atoms with van der Waals surface area (Å²) in [5, 5.41) is 14.4. The summed E-state index contributed by atoms with van der Waals surface area (Å²) in [7, 11) is 0. The number of aromatic nitrogens is 2. The first-order chi connectivity index (χ1) is 18.0. The molecule has 0 spiro atoms. The van der Waals surface area contributed by atoms with Gasteiger partial charge in [0, 0.05) is 55.5 Å². The Labute approximate surface area is 219 Å². The van der Waals surface area contributed by atoms with Gasteiger partial charge in [0.15, 0.2) is 17.9 Å². The number of Topliss-reactive ketones (excluding diaryl/α,β-unsaturated/α-hetero) is 1. The van der Waals surface area contributed by atoms with Crippen LogP contribution in [0.25, 0.3) is 0 Å². The summed E-state index contributed by atoms with van der Waals surface area (Å²) in [6, 6.07) is 5.22. The van der Waals surface area contributed by atoms with Gasteiger partial charge in [0.25, 0.3) is 0 Å². The van der Waals surface area contributed by atoms with Gasteiger partial charge in [-0.15, -0.1) is 0 Å². The number of anilines is 1. The van der Waals surface area contributed by atoms with Gasteiger partial charge in [0.05, 0.1) is 17.3 Å². The minimum atomic E-state index is -0.706. The minimum absolute atomic E-state index is 0.0298.